The molecule has 0 aliphatic heterocycles. The van der Waals surface area contributed by atoms with Crippen molar-refractivity contribution in [2.24, 2.45) is 17.6 Å². The Hall–Kier alpha value is -1.00. The van der Waals surface area contributed by atoms with Crippen LogP contribution in [0.15, 0.2) is 24.3 Å². The molecule has 4 heteroatoms. The first-order valence-corrected chi connectivity index (χ1v) is 9.71. The molecule has 2 aliphatic rings. The standard InChI is InChI=1S/C18H26N2OS/c1-22-11-12-5-7-13(8-6-12)18(21)20-17-14-3-2-4-15(17)10-16(19)9-14/h5-8,14-17H,2-4,9-11,19H2,1H3,(H,20,21). The molecular weight excluding hydrogens is 292 g/mol. The van der Waals surface area contributed by atoms with E-state index in [9.17, 15) is 4.79 Å². The van der Waals surface area contributed by atoms with Crippen molar-refractivity contribution in [3.8, 4) is 0 Å². The number of carbonyl (C=O) groups excluding carboxylic acids is 1. The van der Waals surface area contributed by atoms with Crippen molar-refractivity contribution in [3.05, 3.63) is 35.4 Å². The van der Waals surface area contributed by atoms with E-state index < -0.39 is 0 Å². The molecule has 0 heterocycles. The number of nitrogens with two attached hydrogens (primary N) is 1. The molecule has 0 saturated heterocycles. The molecule has 3 rings (SSSR count). The maximum absolute atomic E-state index is 12.5. The molecule has 1 aromatic carbocycles. The molecule has 2 unspecified atom stereocenters. The van der Waals surface area contributed by atoms with E-state index >= 15 is 0 Å². The molecule has 3 nitrogen and oxygen atoms in total. The van der Waals surface area contributed by atoms with Crippen LogP contribution < -0.4 is 11.1 Å². The zero-order valence-electron chi connectivity index (χ0n) is 13.3. The highest BCUT2D eigenvalue weighted by molar-refractivity contribution is 7.97. The van der Waals surface area contributed by atoms with Gasteiger partial charge in [0.25, 0.3) is 5.91 Å². The first-order valence-electron chi connectivity index (χ1n) is 8.31. The molecular formula is C18H26N2OS. The van der Waals surface area contributed by atoms with Gasteiger partial charge in [-0.05, 0) is 61.5 Å². The number of hydrogen-bond donors (Lipinski definition) is 2. The molecule has 2 atom stereocenters. The summed E-state index contributed by atoms with van der Waals surface area (Å²) in [5, 5.41) is 3.31. The lowest BCUT2D eigenvalue weighted by molar-refractivity contribution is 0.0756. The quantitative estimate of drug-likeness (QED) is 0.896. The molecule has 2 bridgehead atoms. The van der Waals surface area contributed by atoms with Crippen LogP contribution in [-0.2, 0) is 5.75 Å². The molecule has 1 amide bonds. The first-order chi connectivity index (χ1) is 10.7. The van der Waals surface area contributed by atoms with Crippen LogP contribution in [0.5, 0.6) is 0 Å². The molecule has 0 aromatic heterocycles. The number of thioether (sulfide) groups is 1. The van der Waals surface area contributed by atoms with E-state index in [1.807, 2.05) is 12.1 Å². The minimum Gasteiger partial charge on any atom is -0.349 e. The first kappa shape index (κ1) is 15.9. The summed E-state index contributed by atoms with van der Waals surface area (Å²) in [5.74, 6) is 2.21. The fourth-order valence-corrected chi connectivity index (χ4v) is 4.70. The average molecular weight is 318 g/mol. The van der Waals surface area contributed by atoms with Gasteiger partial charge in [0.05, 0.1) is 0 Å². The van der Waals surface area contributed by atoms with Crippen molar-refractivity contribution in [1.82, 2.24) is 5.32 Å². The maximum Gasteiger partial charge on any atom is 0.251 e. The molecule has 120 valence electrons. The van der Waals surface area contributed by atoms with Crippen molar-refractivity contribution in [1.29, 1.82) is 0 Å². The Kier molecular flexibility index (Phi) is 5.09. The monoisotopic (exact) mass is 318 g/mol. The van der Waals surface area contributed by atoms with Gasteiger partial charge in [-0.15, -0.1) is 0 Å². The topological polar surface area (TPSA) is 55.1 Å². The summed E-state index contributed by atoms with van der Waals surface area (Å²) in [6.45, 7) is 0. The summed E-state index contributed by atoms with van der Waals surface area (Å²) in [6.07, 6.45) is 7.93. The van der Waals surface area contributed by atoms with Gasteiger partial charge < -0.3 is 11.1 Å². The van der Waals surface area contributed by atoms with Crippen LogP contribution in [0.25, 0.3) is 0 Å². The van der Waals surface area contributed by atoms with Crippen LogP contribution in [0, 0.1) is 11.8 Å². The van der Waals surface area contributed by atoms with Gasteiger partial charge in [-0.25, -0.2) is 0 Å². The van der Waals surface area contributed by atoms with Crippen LogP contribution in [0.2, 0.25) is 0 Å². The predicted molar refractivity (Wildman–Crippen MR) is 93.0 cm³/mol. The fraction of sp³-hybridized carbons (Fsp3) is 0.611. The molecule has 2 aliphatic carbocycles. The summed E-state index contributed by atoms with van der Waals surface area (Å²) in [7, 11) is 0. The summed E-state index contributed by atoms with van der Waals surface area (Å²) in [6, 6.07) is 8.67. The van der Waals surface area contributed by atoms with Crippen LogP contribution in [0.3, 0.4) is 0 Å². The number of fused-ring (bicyclic) bond motifs is 2. The number of rotatable bonds is 4. The Morgan fingerprint density at radius 2 is 1.86 bits per heavy atom. The van der Waals surface area contributed by atoms with E-state index in [0.29, 0.717) is 23.9 Å². The van der Waals surface area contributed by atoms with Crippen LogP contribution in [-0.4, -0.2) is 24.2 Å². The Bertz CT molecular complexity index is 502. The number of amides is 1. The lowest BCUT2D eigenvalue weighted by atomic mass is 9.67. The van der Waals surface area contributed by atoms with E-state index in [2.05, 4.69) is 23.7 Å². The minimum atomic E-state index is 0.0769. The molecule has 22 heavy (non-hydrogen) atoms. The summed E-state index contributed by atoms with van der Waals surface area (Å²) in [5.41, 5.74) is 8.20. The molecule has 2 fully saturated rings. The van der Waals surface area contributed by atoms with E-state index in [1.54, 1.807) is 11.8 Å². The largest absolute Gasteiger partial charge is 0.349 e. The van der Waals surface area contributed by atoms with Gasteiger partial charge in [-0.3, -0.25) is 4.79 Å². The van der Waals surface area contributed by atoms with E-state index in [4.69, 9.17) is 5.73 Å². The number of nitrogens with one attached hydrogen (secondary N) is 1. The van der Waals surface area contributed by atoms with Crippen LogP contribution in [0.1, 0.15) is 48.0 Å². The summed E-state index contributed by atoms with van der Waals surface area (Å²) < 4.78 is 0. The van der Waals surface area contributed by atoms with Gasteiger partial charge in [0.1, 0.15) is 0 Å². The Morgan fingerprint density at radius 3 is 2.45 bits per heavy atom. The Labute approximate surface area is 137 Å². The smallest absolute Gasteiger partial charge is 0.251 e. The average Bonchev–Trinajstić information content (AvgIpc) is 2.49. The fourth-order valence-electron chi connectivity index (χ4n) is 4.18. The van der Waals surface area contributed by atoms with Crippen LogP contribution >= 0.6 is 11.8 Å². The van der Waals surface area contributed by atoms with E-state index in [0.717, 1.165) is 24.2 Å². The van der Waals surface area contributed by atoms with E-state index in [-0.39, 0.29) is 5.91 Å². The van der Waals surface area contributed by atoms with E-state index in [1.165, 1.54) is 24.8 Å². The third-order valence-electron chi connectivity index (χ3n) is 5.20. The number of carbonyl (C=O) groups is 1. The second kappa shape index (κ2) is 7.05. The molecule has 2 saturated carbocycles. The highest BCUT2D eigenvalue weighted by Crippen LogP contribution is 2.39. The highest BCUT2D eigenvalue weighted by Gasteiger charge is 2.39. The van der Waals surface area contributed by atoms with Gasteiger partial charge >= 0.3 is 0 Å². The molecule has 0 radical (unpaired) electrons. The zero-order chi connectivity index (χ0) is 15.5. The summed E-state index contributed by atoms with van der Waals surface area (Å²) in [4.78, 5) is 12.5. The van der Waals surface area contributed by atoms with Gasteiger partial charge in [-0.1, -0.05) is 18.6 Å². The molecule has 1 aromatic rings. The second-order valence-corrected chi connectivity index (χ2v) is 7.68. The number of hydrogen-bond acceptors (Lipinski definition) is 3. The minimum absolute atomic E-state index is 0.0769. The lowest BCUT2D eigenvalue weighted by Crippen LogP contribution is -2.53. The Balaban J connectivity index is 1.66. The SMILES string of the molecule is CSCc1ccc(C(=O)NC2C3CCCC2CC(N)C3)cc1. The van der Waals surface area contributed by atoms with Crippen LogP contribution in [0.4, 0.5) is 0 Å². The van der Waals surface area contributed by atoms with Crippen molar-refractivity contribution >= 4 is 17.7 Å². The third kappa shape index (κ3) is 3.49. The number of benzene rings is 1. The Morgan fingerprint density at radius 1 is 1.23 bits per heavy atom. The second-order valence-electron chi connectivity index (χ2n) is 6.81. The van der Waals surface area contributed by atoms with Gasteiger partial charge in [0.2, 0.25) is 0 Å². The van der Waals surface area contributed by atoms with Crippen molar-refractivity contribution < 1.29 is 4.79 Å². The third-order valence-corrected chi connectivity index (χ3v) is 5.82. The predicted octanol–water partition coefficient (Wildman–Crippen LogP) is 3.19. The zero-order valence-corrected chi connectivity index (χ0v) is 14.1. The van der Waals surface area contributed by atoms with Crippen molar-refractivity contribution in [3.63, 3.8) is 0 Å². The van der Waals surface area contributed by atoms with Crippen molar-refractivity contribution in [2.45, 2.75) is 49.9 Å². The highest BCUT2D eigenvalue weighted by atomic mass is 32.2. The normalized spacial score (nSPS) is 30.8. The lowest BCUT2D eigenvalue weighted by Gasteiger charge is -2.45. The summed E-state index contributed by atoms with van der Waals surface area (Å²) >= 11 is 1.80. The molecule has 0 spiro atoms. The van der Waals surface area contributed by atoms with Crippen molar-refractivity contribution in [2.75, 3.05) is 6.26 Å². The maximum atomic E-state index is 12.5. The van der Waals surface area contributed by atoms with Gasteiger partial charge in [-0.2, -0.15) is 11.8 Å². The van der Waals surface area contributed by atoms with Gasteiger partial charge in [0.15, 0.2) is 0 Å². The van der Waals surface area contributed by atoms with Gasteiger partial charge in [0, 0.05) is 23.4 Å². The molecule has 3 N–H and O–H groups in total.